The SMILES string of the molecule is CCOC(=O)CCn1c(=NC(=O)CN2C(=O)CCC2=O)sc2ccc(OC)cc21. The lowest BCUT2D eigenvalue weighted by Crippen LogP contribution is -2.34. The summed E-state index contributed by atoms with van der Waals surface area (Å²) in [5.41, 5.74) is 0.763. The molecule has 1 aromatic carbocycles. The summed E-state index contributed by atoms with van der Waals surface area (Å²) in [5.74, 6) is -1.05. The highest BCUT2D eigenvalue weighted by Gasteiger charge is 2.30. The average Bonchev–Trinajstić information content (AvgIpc) is 3.19. The molecule has 9 nitrogen and oxygen atoms in total. The van der Waals surface area contributed by atoms with Crippen molar-refractivity contribution >= 4 is 45.2 Å². The van der Waals surface area contributed by atoms with Crippen LogP contribution in [0.4, 0.5) is 0 Å². The largest absolute Gasteiger partial charge is 0.497 e. The molecule has 0 spiro atoms. The zero-order valence-electron chi connectivity index (χ0n) is 16.2. The molecule has 1 saturated heterocycles. The number of carbonyl (C=O) groups excluding carboxylic acids is 4. The summed E-state index contributed by atoms with van der Waals surface area (Å²) in [7, 11) is 1.55. The Kier molecular flexibility index (Phi) is 6.42. The maximum absolute atomic E-state index is 12.4. The Bertz CT molecular complexity index is 1020. The van der Waals surface area contributed by atoms with Crippen molar-refractivity contribution in [1.29, 1.82) is 0 Å². The van der Waals surface area contributed by atoms with Crippen LogP contribution >= 0.6 is 11.3 Å². The lowest BCUT2D eigenvalue weighted by atomic mass is 10.3. The molecule has 3 rings (SSSR count). The van der Waals surface area contributed by atoms with E-state index in [1.807, 2.05) is 6.07 Å². The van der Waals surface area contributed by atoms with Gasteiger partial charge in [0.2, 0.25) is 11.8 Å². The van der Waals surface area contributed by atoms with E-state index in [-0.39, 0.29) is 56.7 Å². The highest BCUT2D eigenvalue weighted by molar-refractivity contribution is 7.16. The van der Waals surface area contributed by atoms with Gasteiger partial charge in [0.15, 0.2) is 4.80 Å². The molecule has 1 fully saturated rings. The number of aryl methyl sites for hydroxylation is 1. The molecule has 154 valence electrons. The summed E-state index contributed by atoms with van der Waals surface area (Å²) in [4.78, 5) is 53.1. The number of rotatable bonds is 7. The van der Waals surface area contributed by atoms with Crippen molar-refractivity contribution < 1.29 is 28.7 Å². The first-order valence-corrected chi connectivity index (χ1v) is 9.98. The highest BCUT2D eigenvalue weighted by atomic mass is 32.1. The number of esters is 1. The molecule has 0 saturated carbocycles. The van der Waals surface area contributed by atoms with E-state index in [1.54, 1.807) is 30.7 Å². The molecule has 2 aromatic rings. The number of amides is 3. The molecule has 2 heterocycles. The van der Waals surface area contributed by atoms with Gasteiger partial charge in [-0.1, -0.05) is 11.3 Å². The van der Waals surface area contributed by atoms with Crippen LogP contribution in [-0.2, 0) is 30.5 Å². The number of imide groups is 1. The molecule has 0 atom stereocenters. The zero-order valence-corrected chi connectivity index (χ0v) is 17.0. The number of methoxy groups -OCH3 is 1. The number of likely N-dealkylation sites (tertiary alicyclic amines) is 1. The first-order chi connectivity index (χ1) is 13.9. The van der Waals surface area contributed by atoms with E-state index >= 15 is 0 Å². The van der Waals surface area contributed by atoms with Gasteiger partial charge in [0, 0.05) is 25.5 Å². The van der Waals surface area contributed by atoms with E-state index in [2.05, 4.69) is 4.99 Å². The third-order valence-corrected chi connectivity index (χ3v) is 5.46. The summed E-state index contributed by atoms with van der Waals surface area (Å²) < 4.78 is 12.8. The summed E-state index contributed by atoms with van der Waals surface area (Å²) in [5, 5.41) is 0. The van der Waals surface area contributed by atoms with Crippen molar-refractivity contribution in [1.82, 2.24) is 9.47 Å². The second kappa shape index (κ2) is 8.99. The predicted octanol–water partition coefficient (Wildman–Crippen LogP) is 1.24. The summed E-state index contributed by atoms with van der Waals surface area (Å²) >= 11 is 1.28. The van der Waals surface area contributed by atoms with Crippen LogP contribution in [-0.4, -0.2) is 53.4 Å². The zero-order chi connectivity index (χ0) is 21.0. The quantitative estimate of drug-likeness (QED) is 0.494. The van der Waals surface area contributed by atoms with E-state index in [0.717, 1.165) is 15.1 Å². The topological polar surface area (TPSA) is 107 Å². The minimum Gasteiger partial charge on any atom is -0.497 e. The number of nitrogens with zero attached hydrogens (tertiary/aromatic N) is 3. The molecule has 0 aliphatic carbocycles. The van der Waals surface area contributed by atoms with Crippen LogP contribution in [0.25, 0.3) is 10.2 Å². The van der Waals surface area contributed by atoms with E-state index in [9.17, 15) is 19.2 Å². The monoisotopic (exact) mass is 419 g/mol. The molecule has 0 radical (unpaired) electrons. The van der Waals surface area contributed by atoms with Crippen molar-refractivity contribution in [2.75, 3.05) is 20.3 Å². The number of aromatic nitrogens is 1. The number of hydrogen-bond acceptors (Lipinski definition) is 7. The van der Waals surface area contributed by atoms with E-state index in [0.29, 0.717) is 10.6 Å². The van der Waals surface area contributed by atoms with Crippen LogP contribution in [0.1, 0.15) is 26.2 Å². The van der Waals surface area contributed by atoms with Crippen molar-refractivity contribution in [2.45, 2.75) is 32.7 Å². The molecule has 0 N–H and O–H groups in total. The van der Waals surface area contributed by atoms with Gasteiger partial charge >= 0.3 is 5.97 Å². The van der Waals surface area contributed by atoms with Crippen LogP contribution in [0.15, 0.2) is 23.2 Å². The first-order valence-electron chi connectivity index (χ1n) is 9.16. The second-order valence-electron chi connectivity index (χ2n) is 6.30. The van der Waals surface area contributed by atoms with Gasteiger partial charge in [-0.25, -0.2) is 0 Å². The number of thiazole rings is 1. The van der Waals surface area contributed by atoms with Gasteiger partial charge in [-0.05, 0) is 19.1 Å². The number of benzene rings is 1. The molecule has 0 unspecified atom stereocenters. The van der Waals surface area contributed by atoms with Crippen LogP contribution in [0.5, 0.6) is 5.75 Å². The normalized spacial score (nSPS) is 14.7. The molecule has 29 heavy (non-hydrogen) atoms. The Morgan fingerprint density at radius 1 is 1.21 bits per heavy atom. The summed E-state index contributed by atoms with van der Waals surface area (Å²) in [6.45, 7) is 1.90. The fraction of sp³-hybridized carbons (Fsp3) is 0.421. The molecule has 3 amide bonds. The maximum Gasteiger partial charge on any atom is 0.307 e. The average molecular weight is 419 g/mol. The standard InChI is InChI=1S/C19H21N3O6S/c1-3-28-18(26)8-9-21-13-10-12(27-2)4-5-14(13)29-19(21)20-15(23)11-22-16(24)6-7-17(22)25/h4-5,10H,3,6-9,11H2,1-2H3. The minimum absolute atomic E-state index is 0.112. The van der Waals surface area contributed by atoms with E-state index in [4.69, 9.17) is 9.47 Å². The van der Waals surface area contributed by atoms with Gasteiger partial charge in [-0.3, -0.25) is 24.1 Å². The molecule has 0 bridgehead atoms. The van der Waals surface area contributed by atoms with Gasteiger partial charge < -0.3 is 14.0 Å². The second-order valence-corrected chi connectivity index (χ2v) is 7.31. The maximum atomic E-state index is 12.4. The Morgan fingerprint density at radius 3 is 2.59 bits per heavy atom. The fourth-order valence-electron chi connectivity index (χ4n) is 2.99. The third-order valence-electron chi connectivity index (χ3n) is 4.40. The van der Waals surface area contributed by atoms with Crippen molar-refractivity contribution in [3.8, 4) is 5.75 Å². The Balaban J connectivity index is 1.94. The van der Waals surface area contributed by atoms with Crippen molar-refractivity contribution in [3.63, 3.8) is 0 Å². The number of fused-ring (bicyclic) bond motifs is 1. The predicted molar refractivity (Wildman–Crippen MR) is 104 cm³/mol. The minimum atomic E-state index is -0.600. The van der Waals surface area contributed by atoms with Crippen LogP contribution in [0, 0.1) is 0 Å². The Labute approximate surface area is 170 Å². The lowest BCUT2D eigenvalue weighted by Gasteiger charge is -2.10. The molecular weight excluding hydrogens is 398 g/mol. The van der Waals surface area contributed by atoms with Gasteiger partial charge in [-0.15, -0.1) is 0 Å². The van der Waals surface area contributed by atoms with Crippen molar-refractivity contribution in [3.05, 3.63) is 23.0 Å². The highest BCUT2D eigenvalue weighted by Crippen LogP contribution is 2.23. The van der Waals surface area contributed by atoms with Gasteiger partial charge in [0.25, 0.3) is 5.91 Å². The van der Waals surface area contributed by atoms with Crippen LogP contribution in [0.2, 0.25) is 0 Å². The lowest BCUT2D eigenvalue weighted by molar-refractivity contribution is -0.143. The summed E-state index contributed by atoms with van der Waals surface area (Å²) in [6.07, 6.45) is 0.351. The van der Waals surface area contributed by atoms with Crippen LogP contribution in [0.3, 0.4) is 0 Å². The number of carbonyl (C=O) groups is 4. The summed E-state index contributed by atoms with van der Waals surface area (Å²) in [6, 6.07) is 5.44. The molecular formula is C19H21N3O6S. The van der Waals surface area contributed by atoms with E-state index < -0.39 is 5.91 Å². The third kappa shape index (κ3) is 4.70. The van der Waals surface area contributed by atoms with Gasteiger partial charge in [0.1, 0.15) is 12.3 Å². The molecule has 1 aliphatic rings. The molecule has 1 aliphatic heterocycles. The van der Waals surface area contributed by atoms with Gasteiger partial charge in [-0.2, -0.15) is 4.99 Å². The first kappa shape index (κ1) is 20.7. The molecule has 1 aromatic heterocycles. The van der Waals surface area contributed by atoms with Crippen LogP contribution < -0.4 is 9.54 Å². The van der Waals surface area contributed by atoms with E-state index in [1.165, 1.54) is 11.3 Å². The smallest absolute Gasteiger partial charge is 0.307 e. The van der Waals surface area contributed by atoms with Crippen molar-refractivity contribution in [2.24, 2.45) is 4.99 Å². The van der Waals surface area contributed by atoms with Gasteiger partial charge in [0.05, 0.1) is 30.4 Å². The fourth-order valence-corrected chi connectivity index (χ4v) is 4.04. The number of ether oxygens (including phenoxy) is 2. The molecule has 10 heteroatoms. The Hall–Kier alpha value is -3.01. The number of hydrogen-bond donors (Lipinski definition) is 0. The Morgan fingerprint density at radius 2 is 1.93 bits per heavy atom.